The highest BCUT2D eigenvalue weighted by Gasteiger charge is 2.21. The highest BCUT2D eigenvalue weighted by atomic mass is 16.5. The molecule has 1 fully saturated rings. The Bertz CT molecular complexity index is 846. The van der Waals surface area contributed by atoms with Gasteiger partial charge in [-0.3, -0.25) is 4.79 Å². The summed E-state index contributed by atoms with van der Waals surface area (Å²) in [6, 6.07) is 15.4. The van der Waals surface area contributed by atoms with E-state index in [0.29, 0.717) is 38.3 Å². The van der Waals surface area contributed by atoms with Gasteiger partial charge in [0.1, 0.15) is 18.0 Å². The maximum Gasteiger partial charge on any atom is 0.225 e. The molecule has 1 amide bonds. The highest BCUT2D eigenvalue weighted by molar-refractivity contribution is 5.76. The fraction of sp³-hybridized carbons (Fsp3) is 0.435. The van der Waals surface area contributed by atoms with E-state index in [0.717, 1.165) is 11.4 Å². The number of ether oxygens (including phenoxy) is 2. The molecule has 1 aliphatic rings. The molecule has 2 heterocycles. The number of nitrogens with zero attached hydrogens (tertiary/aromatic N) is 4. The third-order valence-corrected chi connectivity index (χ3v) is 5.03. The van der Waals surface area contributed by atoms with Crippen LogP contribution in [0.1, 0.15) is 17.5 Å². The van der Waals surface area contributed by atoms with Gasteiger partial charge in [-0.2, -0.15) is 5.26 Å². The van der Waals surface area contributed by atoms with Gasteiger partial charge >= 0.3 is 0 Å². The van der Waals surface area contributed by atoms with Gasteiger partial charge in [-0.25, -0.2) is 4.98 Å². The van der Waals surface area contributed by atoms with Crippen molar-refractivity contribution in [2.75, 3.05) is 50.9 Å². The van der Waals surface area contributed by atoms with Crippen LogP contribution in [-0.2, 0) is 20.9 Å². The number of carbonyl (C=O) groups is 1. The van der Waals surface area contributed by atoms with Crippen LogP contribution in [-0.4, -0.2) is 73.0 Å². The largest absolute Gasteiger partial charge is 0.388 e. The molecule has 0 spiro atoms. The first-order chi connectivity index (χ1) is 15.2. The van der Waals surface area contributed by atoms with E-state index in [9.17, 15) is 9.90 Å². The molecule has 1 aromatic heterocycles. The van der Waals surface area contributed by atoms with E-state index in [2.05, 4.69) is 16.0 Å². The first-order valence-electron chi connectivity index (χ1n) is 10.4. The minimum Gasteiger partial charge on any atom is -0.388 e. The van der Waals surface area contributed by atoms with E-state index < -0.39 is 6.10 Å². The molecule has 1 saturated heterocycles. The Labute approximate surface area is 182 Å². The molecule has 1 unspecified atom stereocenters. The van der Waals surface area contributed by atoms with Crippen LogP contribution in [0.2, 0.25) is 0 Å². The van der Waals surface area contributed by atoms with Crippen LogP contribution in [0.4, 0.5) is 5.82 Å². The van der Waals surface area contributed by atoms with Gasteiger partial charge in [0.15, 0.2) is 0 Å². The molecule has 8 nitrogen and oxygen atoms in total. The standard InChI is InChI=1S/C23H28N4O4/c24-14-20-6-7-22(25-15-20)26-9-11-27(12-10-26)23(29)8-13-30-17-21(28)18-31-16-19-4-2-1-3-5-19/h1-7,15,21,28H,8-13,16-18H2. The second kappa shape index (κ2) is 12.0. The van der Waals surface area contributed by atoms with E-state index in [1.54, 1.807) is 12.3 Å². The summed E-state index contributed by atoms with van der Waals surface area (Å²) < 4.78 is 10.9. The smallest absolute Gasteiger partial charge is 0.225 e. The monoisotopic (exact) mass is 424 g/mol. The average molecular weight is 425 g/mol. The minimum absolute atomic E-state index is 0.0438. The number of aliphatic hydroxyl groups is 1. The number of hydrogen-bond acceptors (Lipinski definition) is 7. The van der Waals surface area contributed by atoms with Gasteiger partial charge in [-0.1, -0.05) is 30.3 Å². The van der Waals surface area contributed by atoms with E-state index in [-0.39, 0.29) is 32.1 Å². The van der Waals surface area contributed by atoms with Crippen molar-refractivity contribution in [3.8, 4) is 6.07 Å². The third-order valence-electron chi connectivity index (χ3n) is 5.03. The summed E-state index contributed by atoms with van der Waals surface area (Å²) in [5, 5.41) is 18.8. The summed E-state index contributed by atoms with van der Waals surface area (Å²) >= 11 is 0. The van der Waals surface area contributed by atoms with Crippen molar-refractivity contribution in [1.82, 2.24) is 9.88 Å². The topological polar surface area (TPSA) is 98.9 Å². The lowest BCUT2D eigenvalue weighted by atomic mass is 10.2. The number of hydrogen-bond donors (Lipinski definition) is 1. The van der Waals surface area contributed by atoms with E-state index in [4.69, 9.17) is 14.7 Å². The number of nitriles is 1. The molecule has 0 radical (unpaired) electrons. The fourth-order valence-electron chi connectivity index (χ4n) is 3.30. The summed E-state index contributed by atoms with van der Waals surface area (Å²) in [6.07, 6.45) is 1.13. The summed E-state index contributed by atoms with van der Waals surface area (Å²) in [6.45, 7) is 3.68. The maximum atomic E-state index is 12.4. The van der Waals surface area contributed by atoms with E-state index in [1.165, 1.54) is 0 Å². The zero-order valence-electron chi connectivity index (χ0n) is 17.5. The number of benzene rings is 1. The summed E-state index contributed by atoms with van der Waals surface area (Å²) in [5.74, 6) is 0.861. The number of amides is 1. The Morgan fingerprint density at radius 1 is 1.10 bits per heavy atom. The number of aromatic nitrogens is 1. The molecule has 1 N–H and O–H groups in total. The van der Waals surface area contributed by atoms with E-state index in [1.807, 2.05) is 41.3 Å². The number of pyridine rings is 1. The van der Waals surface area contributed by atoms with E-state index >= 15 is 0 Å². The molecule has 31 heavy (non-hydrogen) atoms. The predicted molar refractivity (Wildman–Crippen MR) is 115 cm³/mol. The van der Waals surface area contributed by atoms with Gasteiger partial charge in [0.2, 0.25) is 5.91 Å². The zero-order valence-corrected chi connectivity index (χ0v) is 17.5. The Morgan fingerprint density at radius 2 is 1.84 bits per heavy atom. The molecule has 2 aromatic rings. The average Bonchev–Trinajstić information content (AvgIpc) is 2.82. The van der Waals surface area contributed by atoms with Gasteiger partial charge in [0.25, 0.3) is 0 Å². The Kier molecular flexibility index (Phi) is 8.79. The molecule has 3 rings (SSSR count). The number of anilines is 1. The lowest BCUT2D eigenvalue weighted by Crippen LogP contribution is -2.49. The molecule has 164 valence electrons. The van der Waals surface area contributed by atoms with Crippen LogP contribution in [0.5, 0.6) is 0 Å². The zero-order chi connectivity index (χ0) is 21.9. The van der Waals surface area contributed by atoms with Crippen molar-refractivity contribution in [3.05, 3.63) is 59.8 Å². The van der Waals surface area contributed by atoms with Crippen LogP contribution in [0.25, 0.3) is 0 Å². The first-order valence-corrected chi connectivity index (χ1v) is 10.4. The van der Waals surface area contributed by atoms with Gasteiger partial charge in [-0.05, 0) is 17.7 Å². The predicted octanol–water partition coefficient (Wildman–Crippen LogP) is 1.59. The molecular formula is C23H28N4O4. The maximum absolute atomic E-state index is 12.4. The van der Waals surface area contributed by atoms with Crippen molar-refractivity contribution in [2.45, 2.75) is 19.1 Å². The molecular weight excluding hydrogens is 396 g/mol. The highest BCUT2D eigenvalue weighted by Crippen LogP contribution is 2.14. The first kappa shape index (κ1) is 22.7. The Morgan fingerprint density at radius 3 is 2.52 bits per heavy atom. The number of aliphatic hydroxyl groups excluding tert-OH is 1. The lowest BCUT2D eigenvalue weighted by Gasteiger charge is -2.35. The second-order valence-electron chi connectivity index (χ2n) is 7.36. The molecule has 1 aromatic carbocycles. The van der Waals surface area contributed by atoms with Crippen molar-refractivity contribution >= 4 is 11.7 Å². The summed E-state index contributed by atoms with van der Waals surface area (Å²) in [5.41, 5.74) is 1.58. The Balaban J connectivity index is 1.26. The molecule has 1 aliphatic heterocycles. The summed E-state index contributed by atoms with van der Waals surface area (Å²) in [7, 11) is 0. The van der Waals surface area contributed by atoms with Crippen LogP contribution >= 0.6 is 0 Å². The molecule has 8 heteroatoms. The fourth-order valence-corrected chi connectivity index (χ4v) is 3.30. The minimum atomic E-state index is -0.720. The quantitative estimate of drug-likeness (QED) is 0.578. The number of piperazine rings is 1. The molecule has 0 aliphatic carbocycles. The number of rotatable bonds is 10. The lowest BCUT2D eigenvalue weighted by molar-refractivity contribution is -0.133. The Hall–Kier alpha value is -2.99. The number of carbonyl (C=O) groups excluding carboxylic acids is 1. The van der Waals surface area contributed by atoms with Gasteiger partial charge < -0.3 is 24.4 Å². The van der Waals surface area contributed by atoms with Gasteiger partial charge in [0, 0.05) is 32.4 Å². The van der Waals surface area contributed by atoms with Crippen LogP contribution in [0.15, 0.2) is 48.7 Å². The van der Waals surface area contributed by atoms with Crippen molar-refractivity contribution < 1.29 is 19.4 Å². The van der Waals surface area contributed by atoms with Crippen molar-refractivity contribution in [1.29, 1.82) is 5.26 Å². The van der Waals surface area contributed by atoms with Crippen molar-refractivity contribution in [3.63, 3.8) is 0 Å². The van der Waals surface area contributed by atoms with Crippen LogP contribution in [0.3, 0.4) is 0 Å². The normalized spacial score (nSPS) is 14.8. The molecule has 1 atom stereocenters. The van der Waals surface area contributed by atoms with Crippen LogP contribution < -0.4 is 4.90 Å². The molecule has 0 bridgehead atoms. The van der Waals surface area contributed by atoms with Gasteiger partial charge in [-0.15, -0.1) is 0 Å². The SMILES string of the molecule is N#Cc1ccc(N2CCN(C(=O)CCOCC(O)COCc3ccccc3)CC2)nc1. The van der Waals surface area contributed by atoms with Crippen LogP contribution in [0, 0.1) is 11.3 Å². The molecule has 0 saturated carbocycles. The third kappa shape index (κ3) is 7.33. The van der Waals surface area contributed by atoms with Crippen molar-refractivity contribution in [2.24, 2.45) is 0 Å². The second-order valence-corrected chi connectivity index (χ2v) is 7.36. The summed E-state index contributed by atoms with van der Waals surface area (Å²) in [4.78, 5) is 20.6. The van der Waals surface area contributed by atoms with Gasteiger partial charge in [0.05, 0.1) is 38.4 Å².